The topological polar surface area (TPSA) is 131 Å². The van der Waals surface area contributed by atoms with Crippen molar-refractivity contribution in [1.82, 2.24) is 5.43 Å². The fraction of sp³-hybridized carbons (Fsp3) is 0.130. The van der Waals surface area contributed by atoms with Crippen molar-refractivity contribution in [2.45, 2.75) is 11.8 Å². The van der Waals surface area contributed by atoms with Gasteiger partial charge in [-0.1, -0.05) is 35.9 Å². The van der Waals surface area contributed by atoms with Gasteiger partial charge in [-0.05, 0) is 43.3 Å². The quantitative estimate of drug-likeness (QED) is 0.283. The van der Waals surface area contributed by atoms with Crippen LogP contribution in [0, 0.1) is 17.0 Å². The summed E-state index contributed by atoms with van der Waals surface area (Å²) in [6, 6.07) is 18.7. The van der Waals surface area contributed by atoms with E-state index in [4.69, 9.17) is 4.74 Å². The molecule has 0 aliphatic carbocycles. The number of anilines is 1. The minimum absolute atomic E-state index is 0.0452. The molecule has 1 amide bonds. The average molecular weight is 483 g/mol. The van der Waals surface area contributed by atoms with Gasteiger partial charge < -0.3 is 4.74 Å². The molecule has 1 N–H and O–H groups in total. The van der Waals surface area contributed by atoms with Crippen LogP contribution in [0.2, 0.25) is 0 Å². The van der Waals surface area contributed by atoms with Crippen molar-refractivity contribution in [1.29, 1.82) is 0 Å². The van der Waals surface area contributed by atoms with Crippen molar-refractivity contribution < 1.29 is 22.9 Å². The van der Waals surface area contributed by atoms with Gasteiger partial charge in [0.1, 0.15) is 6.54 Å². The number of nitrogens with one attached hydrogen (secondary N) is 1. The second kappa shape index (κ2) is 10.6. The van der Waals surface area contributed by atoms with Crippen molar-refractivity contribution in [3.8, 4) is 5.75 Å². The molecule has 3 rings (SSSR count). The van der Waals surface area contributed by atoms with Crippen molar-refractivity contribution in [3.05, 3.63) is 94.0 Å². The van der Waals surface area contributed by atoms with Crippen LogP contribution in [0.3, 0.4) is 0 Å². The number of hydrazone groups is 1. The van der Waals surface area contributed by atoms with Crippen LogP contribution < -0.4 is 14.5 Å². The lowest BCUT2D eigenvalue weighted by molar-refractivity contribution is -0.385. The first-order valence-electron chi connectivity index (χ1n) is 10.0. The standard InChI is InChI=1S/C23H22N4O6S/c1-17-8-11-20(12-9-17)34(31,32)26(19-6-4-3-5-7-19)16-23(28)25-24-15-18-10-13-22(33-2)21(14-18)27(29)30/h3-15H,16H2,1-2H3,(H,25,28)/b24-15-. The fourth-order valence-corrected chi connectivity index (χ4v) is 4.44. The summed E-state index contributed by atoms with van der Waals surface area (Å²) in [4.78, 5) is 23.2. The molecule has 0 heterocycles. The second-order valence-corrected chi connectivity index (χ2v) is 9.00. The number of aryl methyl sites for hydroxylation is 1. The van der Waals surface area contributed by atoms with E-state index in [0.717, 1.165) is 9.87 Å². The summed E-state index contributed by atoms with van der Waals surface area (Å²) in [7, 11) is -2.72. The number of methoxy groups -OCH3 is 1. The highest BCUT2D eigenvalue weighted by atomic mass is 32.2. The van der Waals surface area contributed by atoms with Gasteiger partial charge in [0.15, 0.2) is 5.75 Å². The van der Waals surface area contributed by atoms with E-state index in [-0.39, 0.29) is 16.3 Å². The van der Waals surface area contributed by atoms with Crippen LogP contribution in [0.1, 0.15) is 11.1 Å². The van der Waals surface area contributed by atoms with Gasteiger partial charge in [0.05, 0.1) is 28.8 Å². The number of carbonyl (C=O) groups excluding carboxylic acids is 1. The van der Waals surface area contributed by atoms with E-state index < -0.39 is 27.4 Å². The van der Waals surface area contributed by atoms with Gasteiger partial charge in [0.25, 0.3) is 15.9 Å². The Kier molecular flexibility index (Phi) is 7.59. The van der Waals surface area contributed by atoms with Crippen LogP contribution in [0.25, 0.3) is 0 Å². The van der Waals surface area contributed by atoms with Gasteiger partial charge in [0.2, 0.25) is 0 Å². The zero-order valence-corrected chi connectivity index (χ0v) is 19.2. The largest absolute Gasteiger partial charge is 0.490 e. The number of nitrogens with zero attached hydrogens (tertiary/aromatic N) is 3. The number of carbonyl (C=O) groups is 1. The molecule has 0 saturated carbocycles. The Morgan fingerprint density at radius 2 is 1.79 bits per heavy atom. The Balaban J connectivity index is 1.80. The highest BCUT2D eigenvalue weighted by Crippen LogP contribution is 2.27. The fourth-order valence-electron chi connectivity index (χ4n) is 3.02. The number of nitro groups is 1. The maximum Gasteiger partial charge on any atom is 0.311 e. The van der Waals surface area contributed by atoms with Crippen LogP contribution in [0.5, 0.6) is 5.75 Å². The maximum atomic E-state index is 13.3. The number of ether oxygens (including phenoxy) is 1. The molecule has 3 aromatic carbocycles. The number of benzene rings is 3. The first kappa shape index (κ1) is 24.4. The summed E-state index contributed by atoms with van der Waals surface area (Å²) < 4.78 is 32.5. The minimum atomic E-state index is -4.03. The van der Waals surface area contributed by atoms with E-state index in [1.54, 1.807) is 42.5 Å². The number of hydrogen-bond acceptors (Lipinski definition) is 7. The van der Waals surface area contributed by atoms with Gasteiger partial charge in [-0.2, -0.15) is 5.10 Å². The van der Waals surface area contributed by atoms with Crippen molar-refractivity contribution in [2.24, 2.45) is 5.10 Å². The van der Waals surface area contributed by atoms with Crippen molar-refractivity contribution >= 4 is 33.5 Å². The third kappa shape index (κ3) is 5.75. The second-order valence-electron chi connectivity index (χ2n) is 7.14. The number of hydrogen-bond donors (Lipinski definition) is 1. The first-order valence-corrected chi connectivity index (χ1v) is 11.4. The van der Waals surface area contributed by atoms with Gasteiger partial charge in [-0.15, -0.1) is 0 Å². The van der Waals surface area contributed by atoms with Crippen LogP contribution in [-0.4, -0.2) is 39.1 Å². The first-order chi connectivity index (χ1) is 16.2. The molecule has 3 aromatic rings. The molecular weight excluding hydrogens is 460 g/mol. The van der Waals surface area contributed by atoms with Crippen LogP contribution >= 0.6 is 0 Å². The Labute approximate surface area is 196 Å². The number of sulfonamides is 1. The van der Waals surface area contributed by atoms with Gasteiger partial charge in [0, 0.05) is 11.6 Å². The van der Waals surface area contributed by atoms with Gasteiger partial charge in [-0.25, -0.2) is 13.8 Å². The molecule has 0 radical (unpaired) electrons. The zero-order valence-electron chi connectivity index (χ0n) is 18.4. The van der Waals surface area contributed by atoms with E-state index in [2.05, 4.69) is 10.5 Å². The molecule has 0 fully saturated rings. The highest BCUT2D eigenvalue weighted by molar-refractivity contribution is 7.92. The summed E-state index contributed by atoms with van der Waals surface area (Å²) in [6.07, 6.45) is 1.21. The Morgan fingerprint density at radius 3 is 2.41 bits per heavy atom. The SMILES string of the molecule is COc1ccc(/C=N\NC(=O)CN(c2ccccc2)S(=O)(=O)c2ccc(C)cc2)cc1[N+](=O)[O-]. The van der Waals surface area contributed by atoms with Gasteiger partial charge >= 0.3 is 5.69 Å². The monoisotopic (exact) mass is 482 g/mol. The molecule has 11 heteroatoms. The summed E-state index contributed by atoms with van der Waals surface area (Å²) in [5, 5.41) is 15.0. The summed E-state index contributed by atoms with van der Waals surface area (Å²) >= 11 is 0. The third-order valence-corrected chi connectivity index (χ3v) is 6.53. The summed E-state index contributed by atoms with van der Waals surface area (Å²) in [5.41, 5.74) is 3.57. The molecule has 0 aliphatic rings. The number of nitro benzene ring substituents is 1. The van der Waals surface area contributed by atoms with Crippen LogP contribution in [-0.2, 0) is 14.8 Å². The molecule has 0 atom stereocenters. The lowest BCUT2D eigenvalue weighted by atomic mass is 10.2. The molecule has 0 spiro atoms. The van der Waals surface area contributed by atoms with Crippen LogP contribution in [0.15, 0.2) is 82.8 Å². The molecule has 176 valence electrons. The molecule has 0 bridgehead atoms. The lowest BCUT2D eigenvalue weighted by Crippen LogP contribution is -2.39. The predicted octanol–water partition coefficient (Wildman–Crippen LogP) is 3.26. The number of para-hydroxylation sites is 1. The summed E-state index contributed by atoms with van der Waals surface area (Å²) in [6.45, 7) is 1.31. The molecule has 0 aliphatic heterocycles. The molecular formula is C23H22N4O6S. The molecule has 34 heavy (non-hydrogen) atoms. The molecule has 10 nitrogen and oxygen atoms in total. The molecule has 0 unspecified atom stereocenters. The van der Waals surface area contributed by atoms with E-state index in [1.807, 2.05) is 6.92 Å². The van der Waals surface area contributed by atoms with E-state index in [1.165, 1.54) is 43.7 Å². The normalized spacial score (nSPS) is 11.2. The average Bonchev–Trinajstić information content (AvgIpc) is 2.83. The zero-order chi connectivity index (χ0) is 24.7. The predicted molar refractivity (Wildman–Crippen MR) is 128 cm³/mol. The van der Waals surface area contributed by atoms with E-state index in [0.29, 0.717) is 11.3 Å². The maximum absolute atomic E-state index is 13.3. The number of amides is 1. The van der Waals surface area contributed by atoms with Crippen LogP contribution in [0.4, 0.5) is 11.4 Å². The molecule has 0 saturated heterocycles. The Morgan fingerprint density at radius 1 is 1.12 bits per heavy atom. The van der Waals surface area contributed by atoms with E-state index in [9.17, 15) is 23.3 Å². The van der Waals surface area contributed by atoms with E-state index >= 15 is 0 Å². The minimum Gasteiger partial charge on any atom is -0.490 e. The Hall–Kier alpha value is -4.25. The number of rotatable bonds is 9. The summed E-state index contributed by atoms with van der Waals surface area (Å²) in [5.74, 6) is -0.607. The third-order valence-electron chi connectivity index (χ3n) is 4.74. The van der Waals surface area contributed by atoms with Crippen molar-refractivity contribution in [2.75, 3.05) is 18.0 Å². The smallest absolute Gasteiger partial charge is 0.311 e. The Bertz CT molecular complexity index is 1310. The van der Waals surface area contributed by atoms with Gasteiger partial charge in [-0.3, -0.25) is 19.2 Å². The lowest BCUT2D eigenvalue weighted by Gasteiger charge is -2.23. The van der Waals surface area contributed by atoms with Crippen molar-refractivity contribution in [3.63, 3.8) is 0 Å². The molecule has 0 aromatic heterocycles. The highest BCUT2D eigenvalue weighted by Gasteiger charge is 2.27.